The number of rotatable bonds is 5. The molecule has 4 aliphatic rings. The van der Waals surface area contributed by atoms with Crippen LogP contribution in [0.4, 0.5) is 5.82 Å². The highest BCUT2D eigenvalue weighted by atomic mass is 32.2. The predicted molar refractivity (Wildman–Crippen MR) is 106 cm³/mol. The van der Waals surface area contributed by atoms with E-state index in [2.05, 4.69) is 23.3 Å². The van der Waals surface area contributed by atoms with Gasteiger partial charge in [-0.3, -0.25) is 10.5 Å². The summed E-state index contributed by atoms with van der Waals surface area (Å²) >= 11 is 1.25. The Hall–Kier alpha value is -2.25. The molecule has 28 heavy (non-hydrogen) atoms. The Morgan fingerprint density at radius 2 is 1.82 bits per heavy atom. The fraction of sp³-hybridized carbons (Fsp3) is 0.619. The third-order valence-corrected chi connectivity index (χ3v) is 8.06. The van der Waals surface area contributed by atoms with Gasteiger partial charge in [-0.2, -0.15) is 10.5 Å². The number of nitrogens with one attached hydrogen (secondary N) is 2. The number of nitriles is 2. The molecule has 1 heterocycles. The van der Waals surface area contributed by atoms with E-state index in [9.17, 15) is 10.1 Å². The predicted octanol–water partition coefficient (Wildman–Crippen LogP) is 2.64. The van der Waals surface area contributed by atoms with Gasteiger partial charge in [-0.15, -0.1) is 0 Å². The van der Waals surface area contributed by atoms with Gasteiger partial charge in [0.1, 0.15) is 23.3 Å². The van der Waals surface area contributed by atoms with Gasteiger partial charge < -0.3 is 5.32 Å². The van der Waals surface area contributed by atoms with E-state index in [1.165, 1.54) is 56.4 Å². The lowest BCUT2D eigenvalue weighted by atomic mass is 9.48. The maximum Gasteiger partial charge on any atom is 0.289 e. The topological polar surface area (TPSA) is 117 Å². The van der Waals surface area contributed by atoms with Crippen molar-refractivity contribution in [1.82, 2.24) is 5.32 Å². The Morgan fingerprint density at radius 3 is 2.36 bits per heavy atom. The van der Waals surface area contributed by atoms with E-state index < -0.39 is 0 Å². The van der Waals surface area contributed by atoms with E-state index in [-0.39, 0.29) is 34.5 Å². The van der Waals surface area contributed by atoms with E-state index in [4.69, 9.17) is 11.0 Å². The van der Waals surface area contributed by atoms with Crippen LogP contribution in [0.25, 0.3) is 0 Å². The lowest BCUT2D eigenvalue weighted by Crippen LogP contribution is -2.56. The van der Waals surface area contributed by atoms with Crippen LogP contribution < -0.4 is 16.0 Å². The van der Waals surface area contributed by atoms with Crippen molar-refractivity contribution < 1.29 is 9.78 Å². The van der Waals surface area contributed by atoms with Gasteiger partial charge in [0.05, 0.1) is 5.75 Å². The number of amides is 1. The van der Waals surface area contributed by atoms with Crippen molar-refractivity contribution in [2.45, 2.75) is 56.5 Å². The number of aromatic amines is 1. The summed E-state index contributed by atoms with van der Waals surface area (Å²) in [7, 11) is 0. The molecule has 1 amide bonds. The standard InChI is InChI=1S/C21H25N5OS/c1-12(21-6-13-2-14(7-21)4-15(3-13)8-21)25-18(27)11-28-20-17(10-23)5-16(9-22)19(24)26-20/h5,12-15H,2-4,6-8,11H2,1H3,(H2,24,26)(H,25,27)/p+1/t12-,13?,14?,15?,21?/m0/s1. The highest BCUT2D eigenvalue weighted by Gasteiger charge is 2.53. The molecule has 0 aliphatic heterocycles. The number of carbonyl (C=O) groups excluding carboxylic acids is 1. The summed E-state index contributed by atoms with van der Waals surface area (Å²) in [6.45, 7) is 2.17. The molecular weight excluding hydrogens is 370 g/mol. The third-order valence-electron chi connectivity index (χ3n) is 7.04. The van der Waals surface area contributed by atoms with Gasteiger partial charge in [-0.05, 0) is 74.7 Å². The quantitative estimate of drug-likeness (QED) is 0.742. The molecule has 4 N–H and O–H groups in total. The van der Waals surface area contributed by atoms with Crippen molar-refractivity contribution in [2.24, 2.45) is 23.2 Å². The Kier molecular flexibility index (Phi) is 4.97. The zero-order chi connectivity index (χ0) is 19.9. The SMILES string of the molecule is C[C@H](NC(=O)CSc1[nH+]c(N)c(C#N)cc1C#N)C12CC3CC(CC(C3)C1)C2. The molecule has 5 rings (SSSR count). The Bertz CT molecular complexity index is 849. The zero-order valence-electron chi connectivity index (χ0n) is 16.1. The average molecular weight is 397 g/mol. The first-order chi connectivity index (χ1) is 13.4. The fourth-order valence-corrected chi connectivity index (χ4v) is 6.92. The summed E-state index contributed by atoms with van der Waals surface area (Å²) in [5, 5.41) is 22.1. The monoisotopic (exact) mass is 396 g/mol. The number of hydrogen-bond donors (Lipinski definition) is 2. The van der Waals surface area contributed by atoms with Crippen molar-refractivity contribution in [1.29, 1.82) is 10.5 Å². The molecule has 0 unspecified atom stereocenters. The Labute approximate surface area is 169 Å². The van der Waals surface area contributed by atoms with Gasteiger partial charge in [-0.25, -0.2) is 4.98 Å². The van der Waals surface area contributed by atoms with Gasteiger partial charge in [0.15, 0.2) is 5.03 Å². The smallest absolute Gasteiger partial charge is 0.289 e. The minimum atomic E-state index is -0.0199. The first-order valence-corrected chi connectivity index (χ1v) is 11.0. The van der Waals surface area contributed by atoms with E-state index in [1.807, 2.05) is 6.07 Å². The molecule has 1 aromatic rings. The molecular formula is C21H26N5OS+. The van der Waals surface area contributed by atoms with E-state index in [0.29, 0.717) is 10.6 Å². The van der Waals surface area contributed by atoms with Crippen LogP contribution in [0, 0.1) is 45.8 Å². The summed E-state index contributed by atoms with van der Waals surface area (Å²) in [4.78, 5) is 15.5. The summed E-state index contributed by atoms with van der Waals surface area (Å²) in [6.07, 6.45) is 7.94. The van der Waals surface area contributed by atoms with Crippen LogP contribution in [-0.2, 0) is 4.79 Å². The van der Waals surface area contributed by atoms with Crippen LogP contribution in [0.2, 0.25) is 0 Å². The number of anilines is 1. The number of aromatic nitrogens is 1. The lowest BCUT2D eigenvalue weighted by Gasteiger charge is -2.59. The largest absolute Gasteiger partial charge is 0.352 e. The van der Waals surface area contributed by atoms with Crippen molar-refractivity contribution in [2.75, 3.05) is 11.5 Å². The third kappa shape index (κ3) is 3.44. The summed E-state index contributed by atoms with van der Waals surface area (Å²) in [5.41, 5.74) is 6.65. The molecule has 4 aliphatic carbocycles. The van der Waals surface area contributed by atoms with Crippen molar-refractivity contribution >= 4 is 23.5 Å². The molecule has 0 aromatic carbocycles. The molecule has 0 radical (unpaired) electrons. The second-order valence-corrected chi connectivity index (χ2v) is 9.91. The van der Waals surface area contributed by atoms with Crippen molar-refractivity contribution in [3.05, 3.63) is 17.2 Å². The molecule has 1 aromatic heterocycles. The van der Waals surface area contributed by atoms with Gasteiger partial charge in [0.25, 0.3) is 5.82 Å². The van der Waals surface area contributed by atoms with Gasteiger partial charge in [0.2, 0.25) is 5.91 Å². The van der Waals surface area contributed by atoms with Crippen LogP contribution >= 0.6 is 11.8 Å². The second-order valence-electron chi connectivity index (χ2n) is 8.92. The molecule has 4 fully saturated rings. The molecule has 146 valence electrons. The number of nitrogens with zero attached hydrogens (tertiary/aromatic N) is 2. The van der Waals surface area contributed by atoms with E-state index in [0.717, 1.165) is 17.8 Å². The highest BCUT2D eigenvalue weighted by molar-refractivity contribution is 7.99. The number of H-pyrrole nitrogens is 1. The first-order valence-electron chi connectivity index (χ1n) is 10.0. The summed E-state index contributed by atoms with van der Waals surface area (Å²) in [5.74, 6) is 2.98. The molecule has 6 nitrogen and oxygen atoms in total. The number of hydrogen-bond acceptors (Lipinski definition) is 5. The maximum absolute atomic E-state index is 12.6. The molecule has 7 heteroatoms. The molecule has 4 bridgehead atoms. The first kappa shape index (κ1) is 19.1. The van der Waals surface area contributed by atoms with E-state index >= 15 is 0 Å². The molecule has 1 atom stereocenters. The lowest BCUT2D eigenvalue weighted by molar-refractivity contribution is -0.410. The number of nitrogens with two attached hydrogens (primary N) is 1. The minimum Gasteiger partial charge on any atom is -0.352 e. The molecule has 0 saturated heterocycles. The van der Waals surface area contributed by atoms with E-state index in [1.54, 1.807) is 0 Å². The normalized spacial score (nSPS) is 31.0. The molecule has 4 saturated carbocycles. The number of thioether (sulfide) groups is 1. The van der Waals surface area contributed by atoms with Gasteiger partial charge in [0, 0.05) is 6.04 Å². The van der Waals surface area contributed by atoms with Crippen LogP contribution in [0.5, 0.6) is 0 Å². The van der Waals surface area contributed by atoms with Crippen molar-refractivity contribution in [3.63, 3.8) is 0 Å². The van der Waals surface area contributed by atoms with Crippen LogP contribution in [0.15, 0.2) is 11.1 Å². The highest BCUT2D eigenvalue weighted by Crippen LogP contribution is 2.61. The van der Waals surface area contributed by atoms with Crippen LogP contribution in [0.1, 0.15) is 56.6 Å². The minimum absolute atomic E-state index is 0.0199. The van der Waals surface area contributed by atoms with Crippen LogP contribution in [-0.4, -0.2) is 17.7 Å². The van der Waals surface area contributed by atoms with Crippen molar-refractivity contribution in [3.8, 4) is 12.1 Å². The molecule has 0 spiro atoms. The number of nitrogen functional groups attached to an aromatic ring is 1. The average Bonchev–Trinajstić information content (AvgIpc) is 2.65. The summed E-state index contributed by atoms with van der Waals surface area (Å²) in [6, 6.07) is 5.66. The second kappa shape index (κ2) is 7.29. The zero-order valence-corrected chi connectivity index (χ0v) is 16.9. The number of pyridine rings is 1. The number of carbonyl (C=O) groups is 1. The Morgan fingerprint density at radius 1 is 1.25 bits per heavy atom. The van der Waals surface area contributed by atoms with Gasteiger partial charge >= 0.3 is 0 Å². The van der Waals surface area contributed by atoms with Crippen LogP contribution in [0.3, 0.4) is 0 Å². The summed E-state index contributed by atoms with van der Waals surface area (Å²) < 4.78 is 0. The fourth-order valence-electron chi connectivity index (χ4n) is 6.12. The van der Waals surface area contributed by atoms with Gasteiger partial charge in [-0.1, -0.05) is 11.8 Å². The Balaban J connectivity index is 1.38. The maximum atomic E-state index is 12.6.